The van der Waals surface area contributed by atoms with Crippen molar-refractivity contribution in [2.24, 2.45) is 18.9 Å². The molecule has 144 valence electrons. The maximum Gasteiger partial charge on any atom is 0.268 e. The fourth-order valence-electron chi connectivity index (χ4n) is 3.82. The van der Waals surface area contributed by atoms with E-state index in [4.69, 9.17) is 5.11 Å². The number of aryl methyl sites for hydroxylation is 1. The molecule has 0 aromatic carbocycles. The Bertz CT molecular complexity index is 669. The van der Waals surface area contributed by atoms with Crippen LogP contribution in [0.15, 0.2) is 17.1 Å². The van der Waals surface area contributed by atoms with E-state index in [1.807, 2.05) is 0 Å². The van der Waals surface area contributed by atoms with E-state index in [-0.39, 0.29) is 24.0 Å². The number of carbonyl (C=O) groups is 1. The van der Waals surface area contributed by atoms with Crippen molar-refractivity contribution in [3.8, 4) is 0 Å². The van der Waals surface area contributed by atoms with Crippen molar-refractivity contribution in [2.45, 2.75) is 19.3 Å². The minimum atomic E-state index is -0.105. The van der Waals surface area contributed by atoms with Crippen molar-refractivity contribution >= 4 is 11.6 Å². The second kappa shape index (κ2) is 8.64. The number of aromatic nitrogens is 2. The summed E-state index contributed by atoms with van der Waals surface area (Å²) in [6, 6.07) is 1.62. The van der Waals surface area contributed by atoms with Crippen molar-refractivity contribution in [3.05, 3.63) is 22.6 Å². The van der Waals surface area contributed by atoms with Gasteiger partial charge in [-0.2, -0.15) is 5.10 Å². The van der Waals surface area contributed by atoms with E-state index in [1.165, 1.54) is 4.68 Å². The molecule has 1 aromatic rings. The molecule has 2 saturated heterocycles. The molecule has 2 fully saturated rings. The predicted octanol–water partition coefficient (Wildman–Crippen LogP) is -0.573. The highest BCUT2D eigenvalue weighted by molar-refractivity contribution is 5.78. The van der Waals surface area contributed by atoms with Gasteiger partial charge in [-0.05, 0) is 38.3 Å². The monoisotopic (exact) mass is 363 g/mol. The van der Waals surface area contributed by atoms with Crippen molar-refractivity contribution in [3.63, 3.8) is 0 Å². The Morgan fingerprint density at radius 1 is 1.31 bits per heavy atom. The lowest BCUT2D eigenvalue weighted by atomic mass is 9.95. The van der Waals surface area contributed by atoms with Crippen LogP contribution >= 0.6 is 0 Å². The summed E-state index contributed by atoms with van der Waals surface area (Å²) >= 11 is 0. The van der Waals surface area contributed by atoms with Crippen LogP contribution in [0.1, 0.15) is 19.3 Å². The maximum absolute atomic E-state index is 12.4. The Balaban J connectivity index is 1.42. The molecule has 1 amide bonds. The first-order valence-corrected chi connectivity index (χ1v) is 9.46. The van der Waals surface area contributed by atoms with E-state index in [2.05, 4.69) is 20.2 Å². The zero-order valence-corrected chi connectivity index (χ0v) is 15.4. The lowest BCUT2D eigenvalue weighted by Gasteiger charge is -2.30. The van der Waals surface area contributed by atoms with Crippen LogP contribution in [0.4, 0.5) is 5.69 Å². The predicted molar refractivity (Wildman–Crippen MR) is 99.1 cm³/mol. The zero-order chi connectivity index (χ0) is 18.5. The number of carbonyl (C=O) groups excluding carboxylic acids is 1. The molecular formula is C18H29N5O3. The number of amides is 1. The Hall–Kier alpha value is -1.93. The van der Waals surface area contributed by atoms with Gasteiger partial charge in [0.2, 0.25) is 5.91 Å². The van der Waals surface area contributed by atoms with Crippen LogP contribution in [-0.2, 0) is 11.8 Å². The van der Waals surface area contributed by atoms with Gasteiger partial charge in [0, 0.05) is 45.2 Å². The first kappa shape index (κ1) is 18.8. The molecule has 0 spiro atoms. The second-order valence-corrected chi connectivity index (χ2v) is 7.36. The van der Waals surface area contributed by atoms with E-state index < -0.39 is 0 Å². The van der Waals surface area contributed by atoms with Crippen molar-refractivity contribution in [1.29, 1.82) is 0 Å². The van der Waals surface area contributed by atoms with Crippen molar-refractivity contribution in [2.75, 3.05) is 50.8 Å². The Labute approximate surface area is 153 Å². The molecule has 0 radical (unpaired) electrons. The average molecular weight is 363 g/mol. The average Bonchev–Trinajstić information content (AvgIpc) is 3.12. The number of hydrogen-bond acceptors (Lipinski definition) is 6. The fraction of sp³-hybridized carbons (Fsp3) is 0.722. The minimum Gasteiger partial charge on any atom is -0.395 e. The van der Waals surface area contributed by atoms with E-state index >= 15 is 0 Å². The van der Waals surface area contributed by atoms with Crippen LogP contribution in [0, 0.1) is 11.8 Å². The highest BCUT2D eigenvalue weighted by Crippen LogP contribution is 2.22. The summed E-state index contributed by atoms with van der Waals surface area (Å²) in [5.41, 5.74) is 0.755. The number of anilines is 1. The molecule has 0 unspecified atom stereocenters. The third-order valence-corrected chi connectivity index (χ3v) is 5.54. The summed E-state index contributed by atoms with van der Waals surface area (Å²) in [7, 11) is 1.64. The summed E-state index contributed by atoms with van der Waals surface area (Å²) < 4.78 is 1.32. The third-order valence-electron chi connectivity index (χ3n) is 5.54. The third kappa shape index (κ3) is 4.62. The molecule has 2 N–H and O–H groups in total. The number of nitrogens with zero attached hydrogens (tertiary/aromatic N) is 4. The highest BCUT2D eigenvalue weighted by atomic mass is 16.3. The van der Waals surface area contributed by atoms with Gasteiger partial charge in [-0.15, -0.1) is 0 Å². The van der Waals surface area contributed by atoms with Gasteiger partial charge >= 0.3 is 0 Å². The minimum absolute atomic E-state index is 0.0868. The first-order valence-electron chi connectivity index (χ1n) is 9.46. The standard InChI is InChI=1S/C18H29N5O3/c1-21-17(25)10-16(12-20-21)23-7-2-14(13-23)11-19-18(26)15-3-5-22(6-4-15)8-9-24/h10,12,14-15,24H,2-9,11,13H2,1H3,(H,19,26)/t14-/m0/s1. The SMILES string of the molecule is Cn1ncc(N2CC[C@@H](CNC(=O)C3CCN(CCO)CC3)C2)cc1=O. The van der Waals surface area contributed by atoms with Gasteiger partial charge in [-0.25, -0.2) is 4.68 Å². The molecule has 2 aliphatic rings. The topological polar surface area (TPSA) is 90.7 Å². The number of aliphatic hydroxyl groups excluding tert-OH is 1. The number of β-amino-alcohol motifs (C(OH)–C–C–N with tert-alkyl or cyclic N) is 1. The molecule has 8 heteroatoms. The molecule has 0 aliphatic carbocycles. The highest BCUT2D eigenvalue weighted by Gasteiger charge is 2.27. The first-order chi connectivity index (χ1) is 12.6. The number of nitrogens with one attached hydrogen (secondary N) is 1. The molecule has 0 bridgehead atoms. The lowest BCUT2D eigenvalue weighted by molar-refractivity contribution is -0.126. The maximum atomic E-state index is 12.4. The Morgan fingerprint density at radius 3 is 2.77 bits per heavy atom. The van der Waals surface area contributed by atoms with Gasteiger partial charge in [0.15, 0.2) is 0 Å². The van der Waals surface area contributed by atoms with Gasteiger partial charge in [0.05, 0.1) is 18.5 Å². The van der Waals surface area contributed by atoms with Crippen LogP contribution in [0.2, 0.25) is 0 Å². The summed E-state index contributed by atoms with van der Waals surface area (Å²) in [5.74, 6) is 0.642. The molecule has 0 saturated carbocycles. The normalized spacial score (nSPS) is 21.9. The number of rotatable bonds is 6. The van der Waals surface area contributed by atoms with Crippen molar-refractivity contribution in [1.82, 2.24) is 20.0 Å². The summed E-state index contributed by atoms with van der Waals surface area (Å²) in [6.07, 6.45) is 4.45. The zero-order valence-electron chi connectivity index (χ0n) is 15.4. The van der Waals surface area contributed by atoms with Crippen LogP contribution < -0.4 is 15.8 Å². The molecule has 8 nitrogen and oxygen atoms in total. The molecular weight excluding hydrogens is 334 g/mol. The Morgan fingerprint density at radius 2 is 2.08 bits per heavy atom. The second-order valence-electron chi connectivity index (χ2n) is 7.36. The smallest absolute Gasteiger partial charge is 0.268 e. The number of aliphatic hydroxyl groups is 1. The number of hydrogen-bond donors (Lipinski definition) is 2. The van der Waals surface area contributed by atoms with Crippen LogP contribution in [0.3, 0.4) is 0 Å². The van der Waals surface area contributed by atoms with Gasteiger partial charge in [-0.1, -0.05) is 0 Å². The van der Waals surface area contributed by atoms with E-state index in [0.29, 0.717) is 19.0 Å². The summed E-state index contributed by atoms with van der Waals surface area (Å²) in [4.78, 5) is 28.5. The van der Waals surface area contributed by atoms with Crippen LogP contribution in [0.25, 0.3) is 0 Å². The van der Waals surface area contributed by atoms with Gasteiger partial charge in [0.1, 0.15) is 0 Å². The van der Waals surface area contributed by atoms with Gasteiger partial charge < -0.3 is 20.2 Å². The number of piperidine rings is 1. The molecule has 1 atom stereocenters. The van der Waals surface area contributed by atoms with Crippen LogP contribution in [-0.4, -0.2) is 71.6 Å². The summed E-state index contributed by atoms with van der Waals surface area (Å²) in [5, 5.41) is 16.2. The van der Waals surface area contributed by atoms with Crippen molar-refractivity contribution < 1.29 is 9.90 Å². The lowest BCUT2D eigenvalue weighted by Crippen LogP contribution is -2.42. The van der Waals surface area contributed by atoms with E-state index in [1.54, 1.807) is 19.3 Å². The molecule has 3 heterocycles. The van der Waals surface area contributed by atoms with E-state index in [0.717, 1.165) is 51.1 Å². The summed E-state index contributed by atoms with van der Waals surface area (Å²) in [6.45, 7) is 5.04. The number of likely N-dealkylation sites (tertiary alicyclic amines) is 1. The van der Waals surface area contributed by atoms with E-state index in [9.17, 15) is 9.59 Å². The molecule has 3 rings (SSSR count). The van der Waals surface area contributed by atoms with Gasteiger partial charge in [0.25, 0.3) is 5.56 Å². The molecule has 1 aromatic heterocycles. The quantitative estimate of drug-likeness (QED) is 0.703. The molecule has 2 aliphatic heterocycles. The van der Waals surface area contributed by atoms with Gasteiger partial charge in [-0.3, -0.25) is 9.59 Å². The van der Waals surface area contributed by atoms with Crippen LogP contribution in [0.5, 0.6) is 0 Å². The Kier molecular flexibility index (Phi) is 6.26. The fourth-order valence-corrected chi connectivity index (χ4v) is 3.82. The molecule has 26 heavy (non-hydrogen) atoms. The largest absolute Gasteiger partial charge is 0.395 e.